The molecule has 0 aromatic heterocycles. The molecule has 2 heteroatoms. The Hall–Kier alpha value is -1.02. The second kappa shape index (κ2) is 6.62. The fourth-order valence-electron chi connectivity index (χ4n) is 3.10. The molecule has 2 rings (SSSR count). The third-order valence-electron chi connectivity index (χ3n) is 4.46. The molecular formula is C18H30N2. The van der Waals surface area contributed by atoms with Crippen LogP contribution in [0.3, 0.4) is 0 Å². The van der Waals surface area contributed by atoms with Gasteiger partial charge < -0.3 is 10.6 Å². The fraction of sp³-hybridized carbons (Fsp3) is 0.667. The second-order valence-corrected chi connectivity index (χ2v) is 7.25. The first-order chi connectivity index (χ1) is 9.49. The molecule has 0 bridgehead atoms. The minimum Gasteiger partial charge on any atom is -0.382 e. The molecule has 0 saturated heterocycles. The molecule has 1 fully saturated rings. The van der Waals surface area contributed by atoms with Crippen LogP contribution in [-0.2, 0) is 5.41 Å². The van der Waals surface area contributed by atoms with E-state index in [0.29, 0.717) is 6.04 Å². The van der Waals surface area contributed by atoms with E-state index in [-0.39, 0.29) is 5.41 Å². The van der Waals surface area contributed by atoms with Crippen LogP contribution in [0.1, 0.15) is 52.0 Å². The largest absolute Gasteiger partial charge is 0.382 e. The molecule has 2 nitrogen and oxygen atoms in total. The molecule has 2 N–H and O–H groups in total. The lowest BCUT2D eigenvalue weighted by molar-refractivity contribution is 0.331. The minimum absolute atomic E-state index is 0.240. The maximum Gasteiger partial charge on any atom is 0.0342 e. The summed E-state index contributed by atoms with van der Waals surface area (Å²) >= 11 is 0. The van der Waals surface area contributed by atoms with Gasteiger partial charge in [-0.1, -0.05) is 32.9 Å². The van der Waals surface area contributed by atoms with Crippen LogP contribution >= 0.6 is 0 Å². The summed E-state index contributed by atoms with van der Waals surface area (Å²) in [6.07, 6.45) is 5.29. The molecule has 0 heterocycles. The predicted octanol–water partition coefficient (Wildman–Crippen LogP) is 4.17. The Balaban J connectivity index is 1.85. The van der Waals surface area contributed by atoms with E-state index in [1.54, 1.807) is 0 Å². The van der Waals surface area contributed by atoms with Crippen LogP contribution in [-0.4, -0.2) is 19.6 Å². The molecule has 0 atom stereocenters. The third kappa shape index (κ3) is 4.24. The van der Waals surface area contributed by atoms with Crippen LogP contribution < -0.4 is 10.6 Å². The quantitative estimate of drug-likeness (QED) is 0.861. The molecule has 0 radical (unpaired) electrons. The maximum atomic E-state index is 3.70. The number of hydrogen-bond donors (Lipinski definition) is 2. The Labute approximate surface area is 124 Å². The predicted molar refractivity (Wildman–Crippen MR) is 88.4 cm³/mol. The summed E-state index contributed by atoms with van der Waals surface area (Å²) in [6.45, 7) is 7.96. The van der Waals surface area contributed by atoms with Gasteiger partial charge in [0.05, 0.1) is 0 Å². The average molecular weight is 274 g/mol. The van der Waals surface area contributed by atoms with Crippen LogP contribution in [0.15, 0.2) is 24.3 Å². The fourth-order valence-corrected chi connectivity index (χ4v) is 3.10. The Morgan fingerprint density at radius 3 is 2.10 bits per heavy atom. The topological polar surface area (TPSA) is 24.1 Å². The molecule has 20 heavy (non-hydrogen) atoms. The Bertz CT molecular complexity index is 394. The Morgan fingerprint density at radius 2 is 1.60 bits per heavy atom. The highest BCUT2D eigenvalue weighted by Crippen LogP contribution is 2.27. The van der Waals surface area contributed by atoms with Crippen molar-refractivity contribution in [2.24, 2.45) is 5.92 Å². The van der Waals surface area contributed by atoms with E-state index in [2.05, 4.69) is 62.7 Å². The maximum absolute atomic E-state index is 3.70. The number of benzene rings is 1. The highest BCUT2D eigenvalue weighted by molar-refractivity contribution is 5.46. The van der Waals surface area contributed by atoms with Crippen molar-refractivity contribution in [1.29, 1.82) is 0 Å². The molecule has 1 aromatic rings. The Morgan fingerprint density at radius 1 is 1.00 bits per heavy atom. The number of nitrogens with one attached hydrogen (secondary N) is 2. The summed E-state index contributed by atoms with van der Waals surface area (Å²) in [5.41, 5.74) is 2.92. The number of rotatable bonds is 4. The summed E-state index contributed by atoms with van der Waals surface area (Å²) < 4.78 is 0. The van der Waals surface area contributed by atoms with Crippen molar-refractivity contribution < 1.29 is 0 Å². The van der Waals surface area contributed by atoms with E-state index in [4.69, 9.17) is 0 Å². The normalized spacial score (nSPS) is 23.6. The average Bonchev–Trinajstić information content (AvgIpc) is 2.41. The van der Waals surface area contributed by atoms with Crippen molar-refractivity contribution in [1.82, 2.24) is 5.32 Å². The number of anilines is 1. The molecule has 0 aliphatic heterocycles. The highest BCUT2D eigenvalue weighted by atomic mass is 14.9. The van der Waals surface area contributed by atoms with Gasteiger partial charge in [-0.3, -0.25) is 0 Å². The molecule has 0 spiro atoms. The summed E-state index contributed by atoms with van der Waals surface area (Å²) in [5, 5.41) is 7.00. The zero-order valence-corrected chi connectivity index (χ0v) is 13.5. The van der Waals surface area contributed by atoms with Gasteiger partial charge in [-0.05, 0) is 68.3 Å². The van der Waals surface area contributed by atoms with E-state index >= 15 is 0 Å². The first-order valence-electron chi connectivity index (χ1n) is 8.00. The van der Waals surface area contributed by atoms with Gasteiger partial charge in [0.2, 0.25) is 0 Å². The first-order valence-corrected chi connectivity index (χ1v) is 8.00. The van der Waals surface area contributed by atoms with Crippen LogP contribution in [0.5, 0.6) is 0 Å². The van der Waals surface area contributed by atoms with Crippen molar-refractivity contribution in [2.75, 3.05) is 18.9 Å². The molecule has 1 aromatic carbocycles. The van der Waals surface area contributed by atoms with Crippen LogP contribution in [0.25, 0.3) is 0 Å². The standard InChI is InChI=1S/C18H30N2/c1-18(2,3)15-7-11-17(12-8-15)20-16-9-5-14(6-10-16)13-19-4/h7-8,11-12,14,16,19-20H,5-6,9-10,13H2,1-4H3. The zero-order valence-electron chi connectivity index (χ0n) is 13.5. The van der Waals surface area contributed by atoms with Crippen molar-refractivity contribution in [3.63, 3.8) is 0 Å². The van der Waals surface area contributed by atoms with Crippen LogP contribution in [0, 0.1) is 5.92 Å². The molecule has 0 amide bonds. The molecule has 1 aliphatic carbocycles. The SMILES string of the molecule is CNCC1CCC(Nc2ccc(C(C)(C)C)cc2)CC1. The van der Waals surface area contributed by atoms with Crippen molar-refractivity contribution in [2.45, 2.75) is 57.9 Å². The third-order valence-corrected chi connectivity index (χ3v) is 4.46. The van der Waals surface area contributed by atoms with E-state index in [1.807, 2.05) is 0 Å². The molecule has 0 unspecified atom stereocenters. The van der Waals surface area contributed by atoms with E-state index < -0.39 is 0 Å². The summed E-state index contributed by atoms with van der Waals surface area (Å²) in [7, 11) is 2.06. The zero-order chi connectivity index (χ0) is 14.6. The van der Waals surface area contributed by atoms with E-state index in [9.17, 15) is 0 Å². The van der Waals surface area contributed by atoms with Gasteiger partial charge >= 0.3 is 0 Å². The molecule has 1 saturated carbocycles. The van der Waals surface area contributed by atoms with Crippen molar-refractivity contribution in [3.05, 3.63) is 29.8 Å². The second-order valence-electron chi connectivity index (χ2n) is 7.25. The lowest BCUT2D eigenvalue weighted by Crippen LogP contribution is -2.30. The lowest BCUT2D eigenvalue weighted by Gasteiger charge is -2.30. The summed E-state index contributed by atoms with van der Waals surface area (Å²) in [4.78, 5) is 0. The smallest absolute Gasteiger partial charge is 0.0342 e. The lowest BCUT2D eigenvalue weighted by atomic mass is 9.85. The van der Waals surface area contributed by atoms with E-state index in [0.717, 1.165) is 5.92 Å². The van der Waals surface area contributed by atoms with Gasteiger partial charge in [0.25, 0.3) is 0 Å². The molecule has 1 aliphatic rings. The number of hydrogen-bond acceptors (Lipinski definition) is 2. The summed E-state index contributed by atoms with van der Waals surface area (Å²) in [6, 6.07) is 9.65. The monoisotopic (exact) mass is 274 g/mol. The van der Waals surface area contributed by atoms with E-state index in [1.165, 1.54) is 43.5 Å². The van der Waals surface area contributed by atoms with Crippen LogP contribution in [0.4, 0.5) is 5.69 Å². The van der Waals surface area contributed by atoms with Gasteiger partial charge in [0.1, 0.15) is 0 Å². The minimum atomic E-state index is 0.240. The van der Waals surface area contributed by atoms with Gasteiger partial charge in [-0.2, -0.15) is 0 Å². The van der Waals surface area contributed by atoms with Gasteiger partial charge in [-0.15, -0.1) is 0 Å². The van der Waals surface area contributed by atoms with Gasteiger partial charge in [0.15, 0.2) is 0 Å². The molecule has 112 valence electrons. The van der Waals surface area contributed by atoms with Crippen molar-refractivity contribution >= 4 is 5.69 Å². The Kier molecular flexibility index (Phi) is 5.09. The van der Waals surface area contributed by atoms with Crippen LogP contribution in [0.2, 0.25) is 0 Å². The molecular weight excluding hydrogens is 244 g/mol. The van der Waals surface area contributed by atoms with Gasteiger partial charge in [0, 0.05) is 11.7 Å². The first kappa shape index (κ1) is 15.4. The highest BCUT2D eigenvalue weighted by Gasteiger charge is 2.20. The van der Waals surface area contributed by atoms with Crippen molar-refractivity contribution in [3.8, 4) is 0 Å². The summed E-state index contributed by atoms with van der Waals surface area (Å²) in [5.74, 6) is 0.876. The van der Waals surface area contributed by atoms with Gasteiger partial charge in [-0.25, -0.2) is 0 Å².